The molecule has 0 saturated heterocycles. The molecule has 0 atom stereocenters. The smallest absolute Gasteiger partial charge is 0.156 e. The summed E-state index contributed by atoms with van der Waals surface area (Å²) in [4.78, 5) is 0. The molecule has 1 rings (SSSR count). The van der Waals surface area contributed by atoms with E-state index in [0.717, 1.165) is 12.7 Å². The summed E-state index contributed by atoms with van der Waals surface area (Å²) in [5.41, 5.74) is 24.1. The van der Waals surface area contributed by atoms with Gasteiger partial charge in [-0.1, -0.05) is 12.1 Å². The summed E-state index contributed by atoms with van der Waals surface area (Å²) in [5.74, 6) is 8.99. The maximum atomic E-state index is 6.00. The lowest BCUT2D eigenvalue weighted by Crippen LogP contribution is -1.91. The van der Waals surface area contributed by atoms with Crippen LogP contribution in [0.1, 0.15) is 0 Å². The molecule has 0 saturated carbocycles. The monoisotopic (exact) mass is 252 g/mol. The average Bonchev–Trinajstić information content (AvgIpc) is 2.37. The summed E-state index contributed by atoms with van der Waals surface area (Å²) in [7, 11) is 0. The molecule has 0 radical (unpaired) electrons. The Hall–Kier alpha value is -3.04. The minimum Gasteiger partial charge on any atom is -0.397 e. The molecule has 0 aliphatic carbocycles. The van der Waals surface area contributed by atoms with E-state index in [4.69, 9.17) is 22.5 Å². The van der Waals surface area contributed by atoms with Gasteiger partial charge in [-0.3, -0.25) is 0 Å². The number of hydrogen-bond donors (Lipinski definition) is 6. The fraction of sp³-hybridized carbons (Fsp3) is 0. The van der Waals surface area contributed by atoms with E-state index in [-0.39, 0.29) is 0 Å². The molecule has 10 nitrogen and oxygen atoms in total. The lowest BCUT2D eigenvalue weighted by Gasteiger charge is -1.94. The molecule has 1 aromatic carbocycles. The van der Waals surface area contributed by atoms with Crippen LogP contribution in [0.5, 0.6) is 0 Å². The Kier molecular flexibility index (Phi) is 13.5. The van der Waals surface area contributed by atoms with Crippen LogP contribution >= 0.6 is 0 Å². The van der Waals surface area contributed by atoms with Gasteiger partial charge < -0.3 is 23.2 Å². The third kappa shape index (κ3) is 13.0. The first kappa shape index (κ1) is 17.4. The second-order valence-corrected chi connectivity index (χ2v) is 2.42. The molecule has 0 aromatic heterocycles. The van der Waals surface area contributed by atoms with E-state index >= 15 is 0 Å². The molecule has 0 heterocycles. The Labute approximate surface area is 104 Å². The average molecular weight is 252 g/mol. The molecule has 10 heteroatoms. The van der Waals surface area contributed by atoms with E-state index in [9.17, 15) is 0 Å². The van der Waals surface area contributed by atoms with Gasteiger partial charge in [-0.2, -0.15) is 10.2 Å². The minimum absolute atomic E-state index is 0.646. The highest BCUT2D eigenvalue weighted by Gasteiger charge is 1.85. The summed E-state index contributed by atoms with van der Waals surface area (Å²) in [5, 5.41) is 11.1. The van der Waals surface area contributed by atoms with Crippen LogP contribution in [0.3, 0.4) is 0 Å². The van der Waals surface area contributed by atoms with Gasteiger partial charge in [0.2, 0.25) is 0 Å². The number of nitrogen functional groups attached to an aromatic ring is 2. The van der Waals surface area contributed by atoms with E-state index < -0.39 is 0 Å². The summed E-state index contributed by atoms with van der Waals surface area (Å²) in [6.07, 6.45) is 1.89. The van der Waals surface area contributed by atoms with E-state index in [1.165, 1.54) is 0 Å². The van der Waals surface area contributed by atoms with Crippen molar-refractivity contribution in [2.24, 2.45) is 32.1 Å². The van der Waals surface area contributed by atoms with E-state index in [2.05, 4.69) is 32.1 Å². The third-order valence-corrected chi connectivity index (χ3v) is 1.24. The predicted molar refractivity (Wildman–Crippen MR) is 70.9 cm³/mol. The van der Waals surface area contributed by atoms with Crippen molar-refractivity contribution in [3.05, 3.63) is 24.3 Å². The van der Waals surface area contributed by atoms with Crippen molar-refractivity contribution >= 4 is 24.1 Å². The second-order valence-electron chi connectivity index (χ2n) is 2.42. The quantitative estimate of drug-likeness (QED) is 0.112. The molecule has 0 amide bonds. The zero-order chi connectivity index (χ0) is 14.2. The van der Waals surface area contributed by atoms with Gasteiger partial charge in [-0.15, -0.1) is 10.2 Å². The highest BCUT2D eigenvalue weighted by molar-refractivity contribution is 5.62. The Morgan fingerprint density at radius 1 is 0.833 bits per heavy atom. The minimum atomic E-state index is 0.646. The molecule has 0 unspecified atom stereocenters. The number of para-hydroxylation sites is 2. The number of anilines is 2. The summed E-state index contributed by atoms with van der Waals surface area (Å²) in [6.45, 7) is 0. The van der Waals surface area contributed by atoms with Gasteiger partial charge in [-0.25, -0.2) is 11.1 Å². The molecule has 98 valence electrons. The zero-order valence-electron chi connectivity index (χ0n) is 9.56. The molecule has 0 bridgehead atoms. The number of hydrazone groups is 2. The van der Waals surface area contributed by atoms with E-state index in [0.29, 0.717) is 11.4 Å². The van der Waals surface area contributed by atoms with E-state index in [1.54, 1.807) is 12.1 Å². The standard InChI is InChI=1S/C6H8N2.2CH4N4/c7-5-3-1-2-4-6(5)8;2*2-4-1-5-3/h1-4H,7-8H2;2*1-2H,3H2. The molecule has 10 N–H and O–H groups in total. The summed E-state index contributed by atoms with van der Waals surface area (Å²) in [6, 6.07) is 7.25. The summed E-state index contributed by atoms with van der Waals surface area (Å²) < 4.78 is 0. The highest BCUT2D eigenvalue weighted by atomic mass is 15.2. The predicted octanol–water partition coefficient (Wildman–Crippen LogP) is 0.690. The van der Waals surface area contributed by atoms with Gasteiger partial charge >= 0.3 is 0 Å². The Bertz CT molecular complexity index is 348. The first-order valence-corrected chi connectivity index (χ1v) is 4.40. The van der Waals surface area contributed by atoms with Gasteiger partial charge in [0.15, 0.2) is 12.7 Å². The van der Waals surface area contributed by atoms with Crippen LogP contribution in [0.2, 0.25) is 0 Å². The van der Waals surface area contributed by atoms with Crippen molar-refractivity contribution < 1.29 is 0 Å². The van der Waals surface area contributed by atoms with Gasteiger partial charge in [0.25, 0.3) is 0 Å². The number of benzene rings is 1. The molecule has 0 aliphatic heterocycles. The number of nitrogens with zero attached hydrogens (tertiary/aromatic N) is 4. The summed E-state index contributed by atoms with van der Waals surface area (Å²) >= 11 is 0. The molecule has 0 fully saturated rings. The Balaban J connectivity index is 0. The van der Waals surface area contributed by atoms with Crippen LogP contribution in [0, 0.1) is 11.1 Å². The van der Waals surface area contributed by atoms with Crippen LogP contribution in [-0.4, -0.2) is 12.7 Å². The van der Waals surface area contributed by atoms with Crippen LogP contribution in [-0.2, 0) is 0 Å². The molecule has 0 aliphatic rings. The van der Waals surface area contributed by atoms with Crippen LogP contribution in [0.25, 0.3) is 0 Å². The van der Waals surface area contributed by atoms with Crippen LogP contribution in [0.15, 0.2) is 44.7 Å². The molecule has 18 heavy (non-hydrogen) atoms. The number of nitrogens with two attached hydrogens (primary N) is 4. The SMILES string of the molecule is N=NC=NN.N=NC=NN.Nc1ccccc1N. The lowest BCUT2D eigenvalue weighted by atomic mass is 10.3. The van der Waals surface area contributed by atoms with Crippen molar-refractivity contribution in [1.82, 2.24) is 0 Å². The number of rotatable bonds is 2. The first-order chi connectivity index (χ1) is 8.63. The van der Waals surface area contributed by atoms with Crippen molar-refractivity contribution in [2.45, 2.75) is 0 Å². The normalized spacial score (nSPS) is 8.89. The van der Waals surface area contributed by atoms with Gasteiger partial charge in [-0.05, 0) is 12.1 Å². The zero-order valence-corrected chi connectivity index (χ0v) is 9.56. The first-order valence-electron chi connectivity index (χ1n) is 4.40. The number of nitrogens with one attached hydrogen (secondary N) is 2. The second kappa shape index (κ2) is 14.0. The maximum absolute atomic E-state index is 6.00. The fourth-order valence-corrected chi connectivity index (χ4v) is 0.578. The molecular weight excluding hydrogens is 236 g/mol. The van der Waals surface area contributed by atoms with Gasteiger partial charge in [0, 0.05) is 0 Å². The van der Waals surface area contributed by atoms with Crippen molar-refractivity contribution in [1.29, 1.82) is 11.1 Å². The van der Waals surface area contributed by atoms with Crippen molar-refractivity contribution in [3.8, 4) is 0 Å². The molecule has 0 spiro atoms. The number of hydrogen-bond acceptors (Lipinski definition) is 8. The topological polar surface area (TPSA) is 201 Å². The van der Waals surface area contributed by atoms with Crippen LogP contribution in [0.4, 0.5) is 11.4 Å². The van der Waals surface area contributed by atoms with E-state index in [1.807, 2.05) is 12.1 Å². The Morgan fingerprint density at radius 2 is 1.17 bits per heavy atom. The fourth-order valence-electron chi connectivity index (χ4n) is 0.578. The van der Waals surface area contributed by atoms with Crippen molar-refractivity contribution in [2.75, 3.05) is 11.5 Å². The molecule has 1 aromatic rings. The maximum Gasteiger partial charge on any atom is 0.156 e. The molecular formula is C8H16N10. The van der Waals surface area contributed by atoms with Crippen LogP contribution < -0.4 is 23.2 Å². The largest absolute Gasteiger partial charge is 0.397 e. The third-order valence-electron chi connectivity index (χ3n) is 1.24. The van der Waals surface area contributed by atoms with Gasteiger partial charge in [0.1, 0.15) is 0 Å². The lowest BCUT2D eigenvalue weighted by molar-refractivity contribution is 1.17. The van der Waals surface area contributed by atoms with Crippen molar-refractivity contribution in [3.63, 3.8) is 0 Å². The van der Waals surface area contributed by atoms with Gasteiger partial charge in [0.05, 0.1) is 11.4 Å². The highest BCUT2D eigenvalue weighted by Crippen LogP contribution is 2.10. The Morgan fingerprint density at radius 3 is 1.28 bits per heavy atom.